The molecular formula is C14H23NO4. The number of ether oxygens (including phenoxy) is 1. The van der Waals surface area contributed by atoms with Crippen LogP contribution < -0.4 is 5.32 Å². The normalized spacial score (nSPS) is 31.1. The van der Waals surface area contributed by atoms with E-state index in [0.717, 1.165) is 38.7 Å². The number of carbonyl (C=O) groups excluding carboxylic acids is 1. The van der Waals surface area contributed by atoms with E-state index in [2.05, 4.69) is 5.32 Å². The van der Waals surface area contributed by atoms with E-state index >= 15 is 0 Å². The van der Waals surface area contributed by atoms with Crippen LogP contribution in [0.25, 0.3) is 0 Å². The fourth-order valence-electron chi connectivity index (χ4n) is 3.02. The van der Waals surface area contributed by atoms with Crippen molar-refractivity contribution in [1.82, 2.24) is 5.32 Å². The van der Waals surface area contributed by atoms with Crippen LogP contribution in [0.2, 0.25) is 0 Å². The molecule has 3 atom stereocenters. The van der Waals surface area contributed by atoms with Crippen molar-refractivity contribution in [3.05, 3.63) is 0 Å². The summed E-state index contributed by atoms with van der Waals surface area (Å²) < 4.78 is 5.50. The fraction of sp³-hybridized carbons (Fsp3) is 0.857. The van der Waals surface area contributed by atoms with Crippen LogP contribution in [-0.2, 0) is 14.3 Å². The summed E-state index contributed by atoms with van der Waals surface area (Å²) in [5.41, 5.74) is 0. The largest absolute Gasteiger partial charge is 0.481 e. The summed E-state index contributed by atoms with van der Waals surface area (Å²) in [4.78, 5) is 23.0. The Morgan fingerprint density at radius 1 is 1.16 bits per heavy atom. The third-order valence-electron chi connectivity index (χ3n) is 4.18. The number of hydrogen-bond acceptors (Lipinski definition) is 3. The smallest absolute Gasteiger partial charge is 0.306 e. The molecule has 1 heterocycles. The van der Waals surface area contributed by atoms with Gasteiger partial charge in [0.25, 0.3) is 0 Å². The molecule has 1 amide bonds. The minimum Gasteiger partial charge on any atom is -0.481 e. The molecule has 2 fully saturated rings. The topological polar surface area (TPSA) is 75.6 Å². The summed E-state index contributed by atoms with van der Waals surface area (Å²) >= 11 is 0. The first-order valence-electron chi connectivity index (χ1n) is 7.29. The Morgan fingerprint density at radius 2 is 1.95 bits per heavy atom. The number of hydrogen-bond donors (Lipinski definition) is 2. The lowest BCUT2D eigenvalue weighted by Gasteiger charge is -2.25. The van der Waals surface area contributed by atoms with Crippen LogP contribution >= 0.6 is 0 Å². The van der Waals surface area contributed by atoms with Gasteiger partial charge in [0.15, 0.2) is 0 Å². The maximum atomic E-state index is 12.0. The SMILES string of the molecule is O=C(O)[C@@H]1CCC[C@@H](C(=O)NCC[C@H]2CCCO2)C1. The minimum absolute atomic E-state index is 0.0175. The molecule has 2 N–H and O–H groups in total. The van der Waals surface area contributed by atoms with Gasteiger partial charge in [-0.15, -0.1) is 0 Å². The molecule has 1 saturated heterocycles. The monoisotopic (exact) mass is 269 g/mol. The van der Waals surface area contributed by atoms with Gasteiger partial charge in [0.2, 0.25) is 5.91 Å². The summed E-state index contributed by atoms with van der Waals surface area (Å²) in [6, 6.07) is 0. The zero-order valence-corrected chi connectivity index (χ0v) is 11.3. The Morgan fingerprint density at radius 3 is 2.63 bits per heavy atom. The van der Waals surface area contributed by atoms with E-state index in [9.17, 15) is 9.59 Å². The van der Waals surface area contributed by atoms with Crippen LogP contribution in [0.15, 0.2) is 0 Å². The zero-order valence-electron chi connectivity index (χ0n) is 11.3. The Bertz CT molecular complexity index is 325. The molecule has 19 heavy (non-hydrogen) atoms. The molecule has 1 saturated carbocycles. The first-order chi connectivity index (χ1) is 9.16. The average Bonchev–Trinajstić information content (AvgIpc) is 2.92. The summed E-state index contributed by atoms with van der Waals surface area (Å²) in [6.07, 6.45) is 6.19. The number of carbonyl (C=O) groups is 2. The number of rotatable bonds is 5. The molecule has 2 aliphatic rings. The van der Waals surface area contributed by atoms with Gasteiger partial charge in [-0.25, -0.2) is 0 Å². The summed E-state index contributed by atoms with van der Waals surface area (Å²) in [7, 11) is 0. The lowest BCUT2D eigenvalue weighted by molar-refractivity contribution is -0.144. The molecule has 5 heteroatoms. The number of carboxylic acids is 1. The molecule has 0 aromatic heterocycles. The number of nitrogens with one attached hydrogen (secondary N) is 1. The predicted octanol–water partition coefficient (Wildman–Crippen LogP) is 1.56. The van der Waals surface area contributed by atoms with E-state index in [1.54, 1.807) is 0 Å². The van der Waals surface area contributed by atoms with Crippen LogP contribution in [-0.4, -0.2) is 36.2 Å². The summed E-state index contributed by atoms with van der Waals surface area (Å²) in [5, 5.41) is 11.9. The Hall–Kier alpha value is -1.10. The highest BCUT2D eigenvalue weighted by Crippen LogP contribution is 2.29. The van der Waals surface area contributed by atoms with Crippen molar-refractivity contribution in [2.75, 3.05) is 13.2 Å². The van der Waals surface area contributed by atoms with Crippen molar-refractivity contribution in [2.45, 2.75) is 51.0 Å². The van der Waals surface area contributed by atoms with Gasteiger partial charge in [-0.3, -0.25) is 9.59 Å². The highest BCUT2D eigenvalue weighted by atomic mass is 16.5. The standard InChI is InChI=1S/C14H23NO4/c16-13(15-7-6-12-5-2-8-19-12)10-3-1-4-11(9-10)14(17)18/h10-12H,1-9H2,(H,15,16)(H,17,18)/t10-,11-,12-/m1/s1. The number of carboxylic acid groups (broad SMARTS) is 1. The van der Waals surface area contributed by atoms with Gasteiger partial charge in [0.05, 0.1) is 12.0 Å². The number of amides is 1. The first-order valence-corrected chi connectivity index (χ1v) is 7.29. The minimum atomic E-state index is -0.767. The van der Waals surface area contributed by atoms with Gasteiger partial charge in [0.1, 0.15) is 0 Å². The highest BCUT2D eigenvalue weighted by Gasteiger charge is 2.30. The molecule has 0 aromatic rings. The third kappa shape index (κ3) is 4.20. The van der Waals surface area contributed by atoms with Crippen LogP contribution in [0.1, 0.15) is 44.9 Å². The van der Waals surface area contributed by atoms with Crippen LogP contribution in [0, 0.1) is 11.8 Å². The van der Waals surface area contributed by atoms with Crippen LogP contribution in [0.3, 0.4) is 0 Å². The maximum absolute atomic E-state index is 12.0. The third-order valence-corrected chi connectivity index (χ3v) is 4.18. The summed E-state index contributed by atoms with van der Waals surface area (Å²) in [6.45, 7) is 1.47. The van der Waals surface area contributed by atoms with E-state index in [-0.39, 0.29) is 17.7 Å². The van der Waals surface area contributed by atoms with Gasteiger partial charge in [-0.2, -0.15) is 0 Å². The lowest BCUT2D eigenvalue weighted by Crippen LogP contribution is -2.36. The van der Waals surface area contributed by atoms with Gasteiger partial charge in [-0.05, 0) is 38.5 Å². The van der Waals surface area contributed by atoms with Crippen molar-refractivity contribution >= 4 is 11.9 Å². The Kier molecular flexibility index (Phi) is 5.19. The van der Waals surface area contributed by atoms with E-state index in [0.29, 0.717) is 25.5 Å². The van der Waals surface area contributed by atoms with E-state index < -0.39 is 5.97 Å². The molecule has 0 radical (unpaired) electrons. The maximum Gasteiger partial charge on any atom is 0.306 e. The Balaban J connectivity index is 1.68. The molecule has 0 aromatic carbocycles. The lowest BCUT2D eigenvalue weighted by atomic mass is 9.81. The fourth-order valence-corrected chi connectivity index (χ4v) is 3.02. The predicted molar refractivity (Wildman–Crippen MR) is 69.7 cm³/mol. The quantitative estimate of drug-likeness (QED) is 0.794. The van der Waals surface area contributed by atoms with Crippen molar-refractivity contribution in [2.24, 2.45) is 11.8 Å². The van der Waals surface area contributed by atoms with Gasteiger partial charge >= 0.3 is 5.97 Å². The molecule has 0 spiro atoms. The van der Waals surface area contributed by atoms with Crippen LogP contribution in [0.5, 0.6) is 0 Å². The van der Waals surface area contributed by atoms with E-state index in [1.807, 2.05) is 0 Å². The molecule has 0 bridgehead atoms. The second-order valence-corrected chi connectivity index (χ2v) is 5.61. The van der Waals surface area contributed by atoms with Gasteiger partial charge < -0.3 is 15.2 Å². The molecular weight excluding hydrogens is 246 g/mol. The van der Waals surface area contributed by atoms with E-state index in [1.165, 1.54) is 0 Å². The molecule has 1 aliphatic heterocycles. The molecule has 5 nitrogen and oxygen atoms in total. The van der Waals surface area contributed by atoms with Crippen molar-refractivity contribution in [3.8, 4) is 0 Å². The van der Waals surface area contributed by atoms with Crippen molar-refractivity contribution < 1.29 is 19.4 Å². The zero-order chi connectivity index (χ0) is 13.7. The average molecular weight is 269 g/mol. The highest BCUT2D eigenvalue weighted by molar-refractivity contribution is 5.80. The molecule has 108 valence electrons. The van der Waals surface area contributed by atoms with E-state index in [4.69, 9.17) is 9.84 Å². The molecule has 2 rings (SSSR count). The van der Waals surface area contributed by atoms with Crippen LogP contribution in [0.4, 0.5) is 0 Å². The second-order valence-electron chi connectivity index (χ2n) is 5.61. The van der Waals surface area contributed by atoms with Gasteiger partial charge in [-0.1, -0.05) is 6.42 Å². The summed E-state index contributed by atoms with van der Waals surface area (Å²) in [5.74, 6) is -1.22. The molecule has 1 aliphatic carbocycles. The molecule has 0 unspecified atom stereocenters. The van der Waals surface area contributed by atoms with Crippen molar-refractivity contribution in [1.29, 1.82) is 0 Å². The second kappa shape index (κ2) is 6.89. The first kappa shape index (κ1) is 14.3. The van der Waals surface area contributed by atoms with Crippen molar-refractivity contribution in [3.63, 3.8) is 0 Å². The Labute approximate surface area is 113 Å². The van der Waals surface area contributed by atoms with Gasteiger partial charge in [0, 0.05) is 19.1 Å². The number of aliphatic carboxylic acids is 1.